The summed E-state index contributed by atoms with van der Waals surface area (Å²) in [5.41, 5.74) is 1.10. The molecule has 7 heteroatoms. The number of benzene rings is 1. The van der Waals surface area contributed by atoms with Gasteiger partial charge in [-0.25, -0.2) is 9.59 Å². The lowest BCUT2D eigenvalue weighted by atomic mass is 9.96. The van der Waals surface area contributed by atoms with Gasteiger partial charge < -0.3 is 20.5 Å². The first-order valence-electron chi connectivity index (χ1n) is 8.25. The summed E-state index contributed by atoms with van der Waals surface area (Å²) >= 11 is 0. The van der Waals surface area contributed by atoms with Crippen LogP contribution < -0.4 is 16.0 Å². The zero-order valence-electron chi connectivity index (χ0n) is 13.9. The summed E-state index contributed by atoms with van der Waals surface area (Å²) in [5, 5.41) is 17.8. The Labute approximate surface area is 141 Å². The van der Waals surface area contributed by atoms with E-state index >= 15 is 0 Å². The Bertz CT molecular complexity index is 565. The molecular formula is C17H25N3O4. The van der Waals surface area contributed by atoms with Crippen molar-refractivity contribution in [2.45, 2.75) is 38.1 Å². The molecule has 0 radical (unpaired) electrons. The number of hydrogen-bond donors (Lipinski definition) is 4. The number of rotatable bonds is 4. The molecule has 0 unspecified atom stereocenters. The van der Waals surface area contributed by atoms with Gasteiger partial charge in [-0.3, -0.25) is 5.32 Å². The maximum absolute atomic E-state index is 12.2. The third-order valence-electron chi connectivity index (χ3n) is 4.26. The summed E-state index contributed by atoms with van der Waals surface area (Å²) in [6, 6.07) is 6.48. The number of aliphatic hydroxyl groups is 1. The topological polar surface area (TPSA) is 99.7 Å². The molecule has 0 saturated heterocycles. The van der Waals surface area contributed by atoms with Gasteiger partial charge in [0.25, 0.3) is 0 Å². The molecule has 2 rings (SSSR count). The van der Waals surface area contributed by atoms with E-state index in [-0.39, 0.29) is 24.6 Å². The lowest BCUT2D eigenvalue weighted by Gasteiger charge is -2.24. The highest BCUT2D eigenvalue weighted by molar-refractivity contribution is 5.91. The minimum atomic E-state index is -0.569. The Kier molecular flexibility index (Phi) is 6.87. The second-order valence-electron chi connectivity index (χ2n) is 5.98. The molecule has 3 amide bonds. The van der Waals surface area contributed by atoms with Gasteiger partial charge in [0.1, 0.15) is 0 Å². The summed E-state index contributed by atoms with van der Waals surface area (Å²) < 4.78 is 4.54. The predicted octanol–water partition coefficient (Wildman–Crippen LogP) is 2.93. The third-order valence-corrected chi connectivity index (χ3v) is 4.26. The number of amides is 3. The van der Waals surface area contributed by atoms with Crippen LogP contribution >= 0.6 is 0 Å². The molecule has 1 aromatic carbocycles. The molecule has 1 saturated carbocycles. The van der Waals surface area contributed by atoms with Crippen LogP contribution in [0.1, 0.15) is 32.1 Å². The first-order chi connectivity index (χ1) is 11.6. The fourth-order valence-electron chi connectivity index (χ4n) is 2.97. The van der Waals surface area contributed by atoms with Crippen LogP contribution in [0.4, 0.5) is 21.0 Å². The van der Waals surface area contributed by atoms with Crippen molar-refractivity contribution in [1.82, 2.24) is 5.32 Å². The Hall–Kier alpha value is -2.28. The zero-order valence-corrected chi connectivity index (χ0v) is 13.9. The number of aliphatic hydroxyl groups excluding tert-OH is 1. The lowest BCUT2D eigenvalue weighted by Crippen LogP contribution is -2.43. The molecule has 0 aromatic heterocycles. The highest BCUT2D eigenvalue weighted by Crippen LogP contribution is 2.23. The van der Waals surface area contributed by atoms with E-state index < -0.39 is 6.09 Å². The molecule has 24 heavy (non-hydrogen) atoms. The quantitative estimate of drug-likeness (QED) is 0.636. The van der Waals surface area contributed by atoms with E-state index in [2.05, 4.69) is 20.7 Å². The molecule has 0 aliphatic heterocycles. The maximum Gasteiger partial charge on any atom is 0.411 e. The zero-order chi connectivity index (χ0) is 17.4. The van der Waals surface area contributed by atoms with Gasteiger partial charge in [0, 0.05) is 29.9 Å². The van der Waals surface area contributed by atoms with Crippen LogP contribution in [-0.2, 0) is 4.74 Å². The number of carbonyl (C=O) groups excluding carboxylic acids is 2. The van der Waals surface area contributed by atoms with Gasteiger partial charge in [-0.1, -0.05) is 25.3 Å². The van der Waals surface area contributed by atoms with E-state index in [1.54, 1.807) is 24.3 Å². The number of methoxy groups -OCH3 is 1. The molecule has 2 atom stereocenters. The molecule has 4 N–H and O–H groups in total. The Morgan fingerprint density at radius 3 is 2.58 bits per heavy atom. The molecule has 132 valence electrons. The van der Waals surface area contributed by atoms with E-state index in [1.165, 1.54) is 7.11 Å². The summed E-state index contributed by atoms with van der Waals surface area (Å²) in [6.45, 7) is 0.0868. The van der Waals surface area contributed by atoms with Crippen molar-refractivity contribution in [3.8, 4) is 0 Å². The Balaban J connectivity index is 1.93. The minimum absolute atomic E-state index is 0.0196. The van der Waals surface area contributed by atoms with Gasteiger partial charge in [0.15, 0.2) is 0 Å². The highest BCUT2D eigenvalue weighted by Gasteiger charge is 2.24. The van der Waals surface area contributed by atoms with Crippen LogP contribution in [0.25, 0.3) is 0 Å². The number of urea groups is 1. The van der Waals surface area contributed by atoms with Gasteiger partial charge in [-0.2, -0.15) is 0 Å². The van der Waals surface area contributed by atoms with Crippen molar-refractivity contribution < 1.29 is 19.4 Å². The van der Waals surface area contributed by atoms with Crippen molar-refractivity contribution in [3.05, 3.63) is 24.3 Å². The van der Waals surface area contributed by atoms with Gasteiger partial charge >= 0.3 is 12.1 Å². The summed E-state index contributed by atoms with van der Waals surface area (Å²) in [5.74, 6) is 0.102. The normalized spacial score (nSPS) is 20.6. The van der Waals surface area contributed by atoms with Crippen LogP contribution in [0, 0.1) is 5.92 Å². The van der Waals surface area contributed by atoms with E-state index in [9.17, 15) is 14.7 Å². The standard InChI is InChI=1S/C17H25N3O4/c1-24-17(23)19-14-8-5-7-13(10-14)18-16(22)20-15-9-4-2-3-6-12(15)11-21/h5,7-8,10,12,15,21H,2-4,6,9,11H2,1H3,(H,19,23)(H2,18,20,22)/t12-,15+/m1/s1. The molecule has 1 fully saturated rings. The van der Waals surface area contributed by atoms with Crippen molar-refractivity contribution >= 4 is 23.5 Å². The Morgan fingerprint density at radius 2 is 1.88 bits per heavy atom. The monoisotopic (exact) mass is 335 g/mol. The number of carbonyl (C=O) groups is 2. The molecule has 1 aliphatic rings. The number of ether oxygens (including phenoxy) is 1. The van der Waals surface area contributed by atoms with Crippen LogP contribution in [0.15, 0.2) is 24.3 Å². The number of anilines is 2. The SMILES string of the molecule is COC(=O)Nc1cccc(NC(=O)N[C@H]2CCCCC[C@@H]2CO)c1. The number of hydrogen-bond acceptors (Lipinski definition) is 4. The van der Waals surface area contributed by atoms with Crippen LogP contribution in [0.5, 0.6) is 0 Å². The van der Waals surface area contributed by atoms with Crippen LogP contribution in [0.2, 0.25) is 0 Å². The molecule has 0 bridgehead atoms. The van der Waals surface area contributed by atoms with Gasteiger partial charge in [0.2, 0.25) is 0 Å². The lowest BCUT2D eigenvalue weighted by molar-refractivity contribution is 0.182. The van der Waals surface area contributed by atoms with E-state index in [1.807, 2.05) is 0 Å². The van der Waals surface area contributed by atoms with Crippen molar-refractivity contribution in [3.63, 3.8) is 0 Å². The number of nitrogens with one attached hydrogen (secondary N) is 3. The smallest absolute Gasteiger partial charge is 0.411 e. The van der Waals surface area contributed by atoms with Crippen molar-refractivity contribution in [2.24, 2.45) is 5.92 Å². The van der Waals surface area contributed by atoms with Gasteiger partial charge in [0.05, 0.1) is 7.11 Å². The largest absolute Gasteiger partial charge is 0.453 e. The van der Waals surface area contributed by atoms with E-state index in [4.69, 9.17) is 0 Å². The van der Waals surface area contributed by atoms with Crippen LogP contribution in [0.3, 0.4) is 0 Å². The fraction of sp³-hybridized carbons (Fsp3) is 0.529. The second-order valence-corrected chi connectivity index (χ2v) is 5.98. The average molecular weight is 335 g/mol. The summed E-state index contributed by atoms with van der Waals surface area (Å²) in [6.07, 6.45) is 4.52. The molecule has 1 aromatic rings. The van der Waals surface area contributed by atoms with Gasteiger partial charge in [-0.05, 0) is 31.0 Å². The molecular weight excluding hydrogens is 310 g/mol. The van der Waals surface area contributed by atoms with Crippen molar-refractivity contribution in [1.29, 1.82) is 0 Å². The first-order valence-corrected chi connectivity index (χ1v) is 8.25. The van der Waals surface area contributed by atoms with E-state index in [0.717, 1.165) is 32.1 Å². The minimum Gasteiger partial charge on any atom is -0.453 e. The molecule has 7 nitrogen and oxygen atoms in total. The molecule has 0 spiro atoms. The average Bonchev–Trinajstić information content (AvgIpc) is 2.79. The van der Waals surface area contributed by atoms with Crippen LogP contribution in [-0.4, -0.2) is 37.0 Å². The second kappa shape index (κ2) is 9.12. The third kappa shape index (κ3) is 5.42. The highest BCUT2D eigenvalue weighted by atomic mass is 16.5. The molecule has 0 heterocycles. The predicted molar refractivity (Wildman–Crippen MR) is 92.1 cm³/mol. The summed E-state index contributed by atoms with van der Waals surface area (Å²) in [4.78, 5) is 23.5. The molecule has 1 aliphatic carbocycles. The van der Waals surface area contributed by atoms with Crippen molar-refractivity contribution in [2.75, 3.05) is 24.4 Å². The van der Waals surface area contributed by atoms with E-state index in [0.29, 0.717) is 11.4 Å². The van der Waals surface area contributed by atoms with Gasteiger partial charge in [-0.15, -0.1) is 0 Å². The fourth-order valence-corrected chi connectivity index (χ4v) is 2.97. The summed E-state index contributed by atoms with van der Waals surface area (Å²) in [7, 11) is 1.29. The maximum atomic E-state index is 12.2. The Morgan fingerprint density at radius 1 is 1.17 bits per heavy atom. The first kappa shape index (κ1) is 18.1.